The smallest absolute Gasteiger partial charge is 0.256 e. The molecule has 0 saturated heterocycles. The van der Waals surface area contributed by atoms with E-state index in [0.29, 0.717) is 11.3 Å². The molecular weight excluding hydrogens is 308 g/mol. The second kappa shape index (κ2) is 5.40. The Kier molecular flexibility index (Phi) is 3.85. The van der Waals surface area contributed by atoms with Gasteiger partial charge in [0.2, 0.25) is 5.56 Å². The van der Waals surface area contributed by atoms with E-state index in [1.165, 1.54) is 10.6 Å². The largest absolute Gasteiger partial charge is 0.321 e. The normalized spacial score (nSPS) is 10.3. The zero-order chi connectivity index (χ0) is 14.0. The van der Waals surface area contributed by atoms with Gasteiger partial charge < -0.3 is 9.88 Å². The van der Waals surface area contributed by atoms with E-state index in [0.717, 1.165) is 10.0 Å². The number of anilines is 1. The van der Waals surface area contributed by atoms with Crippen LogP contribution in [-0.2, 0) is 7.05 Å². The summed E-state index contributed by atoms with van der Waals surface area (Å²) in [5, 5.41) is 2.76. The molecule has 0 unspecified atom stereocenters. The summed E-state index contributed by atoms with van der Waals surface area (Å²) in [6.45, 7) is 1.96. The first-order valence-corrected chi connectivity index (χ1v) is 6.51. The summed E-state index contributed by atoms with van der Waals surface area (Å²) in [5.41, 5.74) is 2.10. The van der Waals surface area contributed by atoms with E-state index in [2.05, 4.69) is 21.2 Å². The highest BCUT2D eigenvalue weighted by Crippen LogP contribution is 2.19. The number of halogens is 1. The maximum atomic E-state index is 12.1. The van der Waals surface area contributed by atoms with Crippen LogP contribution in [0.4, 0.5) is 5.69 Å². The number of aromatic nitrogens is 1. The molecule has 5 heteroatoms. The lowest BCUT2D eigenvalue weighted by molar-refractivity contribution is 0.102. The fourth-order valence-electron chi connectivity index (χ4n) is 1.67. The molecule has 0 fully saturated rings. The number of nitrogens with zero attached hydrogens (tertiary/aromatic N) is 1. The van der Waals surface area contributed by atoms with Crippen LogP contribution in [0.2, 0.25) is 0 Å². The van der Waals surface area contributed by atoms with Gasteiger partial charge in [-0.05, 0) is 46.6 Å². The molecule has 1 aromatic heterocycles. The number of hydrogen-bond donors (Lipinski definition) is 1. The molecule has 19 heavy (non-hydrogen) atoms. The van der Waals surface area contributed by atoms with Gasteiger partial charge in [-0.2, -0.15) is 0 Å². The van der Waals surface area contributed by atoms with Crippen molar-refractivity contribution in [2.75, 3.05) is 5.32 Å². The van der Waals surface area contributed by atoms with Gasteiger partial charge in [0.05, 0.1) is 11.3 Å². The maximum Gasteiger partial charge on any atom is 0.256 e. The van der Waals surface area contributed by atoms with Gasteiger partial charge in [-0.1, -0.05) is 6.07 Å². The van der Waals surface area contributed by atoms with E-state index >= 15 is 0 Å². The number of carbonyl (C=O) groups excluding carboxylic acids is 1. The fourth-order valence-corrected chi connectivity index (χ4v) is 2.34. The van der Waals surface area contributed by atoms with Gasteiger partial charge in [0.15, 0.2) is 0 Å². The minimum atomic E-state index is -0.217. The second-order valence-corrected chi connectivity index (χ2v) is 5.16. The van der Waals surface area contributed by atoms with Crippen LogP contribution in [-0.4, -0.2) is 10.5 Å². The molecule has 98 valence electrons. The molecule has 0 aliphatic rings. The molecule has 0 aliphatic carbocycles. The Morgan fingerprint density at radius 2 is 2.00 bits per heavy atom. The minimum absolute atomic E-state index is 0.116. The van der Waals surface area contributed by atoms with Crippen LogP contribution < -0.4 is 10.9 Å². The van der Waals surface area contributed by atoms with Gasteiger partial charge in [0.25, 0.3) is 5.91 Å². The van der Waals surface area contributed by atoms with Crippen LogP contribution >= 0.6 is 15.9 Å². The maximum absolute atomic E-state index is 12.1. The zero-order valence-corrected chi connectivity index (χ0v) is 12.2. The van der Waals surface area contributed by atoms with Crippen molar-refractivity contribution in [2.24, 2.45) is 7.05 Å². The highest BCUT2D eigenvalue weighted by Gasteiger charge is 2.10. The molecular formula is C14H13BrN2O2. The van der Waals surface area contributed by atoms with E-state index in [1.807, 2.05) is 19.1 Å². The van der Waals surface area contributed by atoms with Crippen molar-refractivity contribution in [1.82, 2.24) is 4.57 Å². The first kappa shape index (κ1) is 13.5. The van der Waals surface area contributed by atoms with Gasteiger partial charge in [-0.15, -0.1) is 0 Å². The highest BCUT2D eigenvalue weighted by molar-refractivity contribution is 9.10. The average molecular weight is 321 g/mol. The third kappa shape index (κ3) is 3.12. The molecule has 1 amide bonds. The van der Waals surface area contributed by atoms with Gasteiger partial charge in [-0.25, -0.2) is 0 Å². The first-order chi connectivity index (χ1) is 8.97. The zero-order valence-electron chi connectivity index (χ0n) is 10.6. The molecule has 4 nitrogen and oxygen atoms in total. The van der Waals surface area contributed by atoms with Crippen molar-refractivity contribution in [1.29, 1.82) is 0 Å². The second-order valence-electron chi connectivity index (χ2n) is 4.30. The van der Waals surface area contributed by atoms with Crippen molar-refractivity contribution < 1.29 is 4.79 Å². The molecule has 2 aromatic rings. The Morgan fingerprint density at radius 3 is 2.63 bits per heavy atom. The van der Waals surface area contributed by atoms with E-state index in [4.69, 9.17) is 0 Å². The molecule has 0 aliphatic heterocycles. The number of hydrogen-bond acceptors (Lipinski definition) is 2. The molecule has 1 N–H and O–H groups in total. The summed E-state index contributed by atoms with van der Waals surface area (Å²) in [5.74, 6) is -0.217. The number of aryl methyl sites for hydroxylation is 2. The molecule has 0 saturated carbocycles. The number of rotatable bonds is 2. The molecule has 2 rings (SSSR count). The predicted octanol–water partition coefficient (Wildman–Crippen LogP) is 2.71. The van der Waals surface area contributed by atoms with Crippen molar-refractivity contribution in [2.45, 2.75) is 6.92 Å². The Labute approximate surface area is 119 Å². The third-order valence-electron chi connectivity index (χ3n) is 2.71. The number of amides is 1. The summed E-state index contributed by atoms with van der Waals surface area (Å²) < 4.78 is 2.16. The number of benzene rings is 1. The SMILES string of the molecule is Cc1ccc(C(=O)Nc2ccc(=O)n(C)c2)c(Br)c1. The van der Waals surface area contributed by atoms with Gasteiger partial charge >= 0.3 is 0 Å². The van der Waals surface area contributed by atoms with Crippen LogP contribution in [0.5, 0.6) is 0 Å². The van der Waals surface area contributed by atoms with Crippen LogP contribution in [0.1, 0.15) is 15.9 Å². The Bertz CT molecular complexity index is 692. The van der Waals surface area contributed by atoms with Crippen molar-refractivity contribution in [3.05, 3.63) is 62.5 Å². The lowest BCUT2D eigenvalue weighted by atomic mass is 10.1. The minimum Gasteiger partial charge on any atom is -0.321 e. The van der Waals surface area contributed by atoms with E-state index < -0.39 is 0 Å². The number of nitrogens with one attached hydrogen (secondary N) is 1. The lowest BCUT2D eigenvalue weighted by Crippen LogP contribution is -2.18. The Morgan fingerprint density at radius 1 is 1.26 bits per heavy atom. The van der Waals surface area contributed by atoms with Gasteiger partial charge in [0.1, 0.15) is 0 Å². The molecule has 1 heterocycles. The standard InChI is InChI=1S/C14H13BrN2O2/c1-9-3-5-11(12(15)7-9)14(19)16-10-4-6-13(18)17(2)8-10/h3-8H,1-2H3,(H,16,19). The Balaban J connectivity index is 2.25. The van der Waals surface area contributed by atoms with E-state index in [1.54, 1.807) is 25.4 Å². The molecule has 0 bridgehead atoms. The summed E-state index contributed by atoms with van der Waals surface area (Å²) in [7, 11) is 1.64. The fraction of sp³-hybridized carbons (Fsp3) is 0.143. The van der Waals surface area contributed by atoms with Gasteiger partial charge in [0, 0.05) is 23.8 Å². The lowest BCUT2D eigenvalue weighted by Gasteiger charge is -2.08. The predicted molar refractivity (Wildman–Crippen MR) is 78.5 cm³/mol. The van der Waals surface area contributed by atoms with E-state index in [-0.39, 0.29) is 11.5 Å². The van der Waals surface area contributed by atoms with E-state index in [9.17, 15) is 9.59 Å². The van der Waals surface area contributed by atoms with Crippen molar-refractivity contribution in [3.8, 4) is 0 Å². The number of pyridine rings is 1. The third-order valence-corrected chi connectivity index (χ3v) is 3.37. The monoisotopic (exact) mass is 320 g/mol. The van der Waals surface area contributed by atoms with Crippen molar-refractivity contribution in [3.63, 3.8) is 0 Å². The summed E-state index contributed by atoms with van der Waals surface area (Å²) in [6.07, 6.45) is 1.59. The topological polar surface area (TPSA) is 51.1 Å². The summed E-state index contributed by atoms with van der Waals surface area (Å²) in [6, 6.07) is 8.52. The van der Waals surface area contributed by atoms with Crippen LogP contribution in [0.15, 0.2) is 45.8 Å². The van der Waals surface area contributed by atoms with Crippen LogP contribution in [0, 0.1) is 6.92 Å². The van der Waals surface area contributed by atoms with Crippen LogP contribution in [0.3, 0.4) is 0 Å². The van der Waals surface area contributed by atoms with Gasteiger partial charge in [-0.3, -0.25) is 9.59 Å². The summed E-state index contributed by atoms with van der Waals surface area (Å²) >= 11 is 3.37. The quantitative estimate of drug-likeness (QED) is 0.925. The first-order valence-electron chi connectivity index (χ1n) is 5.71. The Hall–Kier alpha value is -1.88. The molecule has 0 spiro atoms. The molecule has 0 radical (unpaired) electrons. The molecule has 0 atom stereocenters. The van der Waals surface area contributed by atoms with Crippen LogP contribution in [0.25, 0.3) is 0 Å². The molecule has 1 aromatic carbocycles. The highest BCUT2D eigenvalue weighted by atomic mass is 79.9. The number of carbonyl (C=O) groups is 1. The average Bonchev–Trinajstić information content (AvgIpc) is 2.33. The van der Waals surface area contributed by atoms with Crippen molar-refractivity contribution >= 4 is 27.5 Å². The summed E-state index contributed by atoms with van der Waals surface area (Å²) in [4.78, 5) is 23.4.